The van der Waals surface area contributed by atoms with Gasteiger partial charge in [0.05, 0.1) is 0 Å². The van der Waals surface area contributed by atoms with E-state index in [1.807, 2.05) is 54.6 Å². The number of benzene rings is 3. The Morgan fingerprint density at radius 3 is 2.14 bits per heavy atom. The van der Waals surface area contributed by atoms with Crippen molar-refractivity contribution in [3.05, 3.63) is 95.0 Å². The van der Waals surface area contributed by atoms with Crippen LogP contribution in [0.25, 0.3) is 0 Å². The van der Waals surface area contributed by atoms with E-state index in [4.69, 9.17) is 11.6 Å². The monoisotopic (exact) mass is 307 g/mol. The van der Waals surface area contributed by atoms with Crippen molar-refractivity contribution < 1.29 is 4.79 Å². The Labute approximate surface area is 134 Å². The van der Waals surface area contributed by atoms with Crippen molar-refractivity contribution in [1.82, 2.24) is 0 Å². The highest BCUT2D eigenvalue weighted by Crippen LogP contribution is 2.26. The van der Waals surface area contributed by atoms with Crippen LogP contribution in [0.2, 0.25) is 5.02 Å². The molecule has 2 nitrogen and oxygen atoms in total. The Bertz CT molecular complexity index is 785. The van der Waals surface area contributed by atoms with Gasteiger partial charge in [-0.2, -0.15) is 0 Å². The van der Waals surface area contributed by atoms with Gasteiger partial charge in [0.15, 0.2) is 5.78 Å². The van der Waals surface area contributed by atoms with Crippen LogP contribution in [0.15, 0.2) is 78.9 Å². The van der Waals surface area contributed by atoms with Gasteiger partial charge in [-0.05, 0) is 30.3 Å². The molecule has 0 aromatic heterocycles. The van der Waals surface area contributed by atoms with E-state index in [1.54, 1.807) is 24.3 Å². The molecule has 0 fully saturated rings. The van der Waals surface area contributed by atoms with Crippen molar-refractivity contribution in [2.24, 2.45) is 0 Å². The topological polar surface area (TPSA) is 29.1 Å². The molecule has 0 saturated heterocycles. The molecule has 1 N–H and O–H groups in total. The summed E-state index contributed by atoms with van der Waals surface area (Å²) < 4.78 is 0. The second kappa shape index (κ2) is 6.46. The van der Waals surface area contributed by atoms with Gasteiger partial charge in [-0.3, -0.25) is 4.79 Å². The predicted molar refractivity (Wildman–Crippen MR) is 91.1 cm³/mol. The Morgan fingerprint density at radius 2 is 1.45 bits per heavy atom. The molecule has 0 saturated carbocycles. The van der Waals surface area contributed by atoms with Gasteiger partial charge in [-0.25, -0.2) is 0 Å². The molecule has 0 heterocycles. The van der Waals surface area contributed by atoms with Crippen LogP contribution in [0.1, 0.15) is 15.9 Å². The summed E-state index contributed by atoms with van der Waals surface area (Å²) in [5.41, 5.74) is 2.86. The summed E-state index contributed by atoms with van der Waals surface area (Å²) in [4.78, 5) is 12.7. The van der Waals surface area contributed by atoms with Crippen molar-refractivity contribution >= 4 is 28.8 Å². The van der Waals surface area contributed by atoms with E-state index in [9.17, 15) is 4.79 Å². The van der Waals surface area contributed by atoms with Crippen molar-refractivity contribution in [3.63, 3.8) is 0 Å². The molecule has 3 rings (SSSR count). The maximum atomic E-state index is 12.7. The summed E-state index contributed by atoms with van der Waals surface area (Å²) in [6.07, 6.45) is 0. The smallest absolute Gasteiger partial charge is 0.195 e. The van der Waals surface area contributed by atoms with Gasteiger partial charge in [-0.1, -0.05) is 60.1 Å². The molecule has 0 radical (unpaired) electrons. The van der Waals surface area contributed by atoms with E-state index >= 15 is 0 Å². The van der Waals surface area contributed by atoms with Gasteiger partial charge in [0.25, 0.3) is 0 Å². The zero-order valence-electron chi connectivity index (χ0n) is 11.8. The minimum atomic E-state index is -0.0541. The molecule has 22 heavy (non-hydrogen) atoms. The van der Waals surface area contributed by atoms with Crippen molar-refractivity contribution in [2.75, 3.05) is 5.32 Å². The molecule has 0 aliphatic rings. The normalized spacial score (nSPS) is 10.2. The largest absolute Gasteiger partial charge is 0.355 e. The molecular formula is C19H14ClNO. The first-order valence-corrected chi connectivity index (χ1v) is 7.33. The zero-order valence-corrected chi connectivity index (χ0v) is 12.5. The predicted octanol–water partition coefficient (Wildman–Crippen LogP) is 5.31. The van der Waals surface area contributed by atoms with Crippen LogP contribution < -0.4 is 5.32 Å². The lowest BCUT2D eigenvalue weighted by atomic mass is 10.0. The number of carbonyl (C=O) groups excluding carboxylic acids is 1. The average molecular weight is 308 g/mol. The first kappa shape index (κ1) is 14.4. The van der Waals surface area contributed by atoms with E-state index in [1.165, 1.54) is 0 Å². The Hall–Kier alpha value is -2.58. The van der Waals surface area contributed by atoms with Gasteiger partial charge in [0, 0.05) is 27.5 Å². The number of ketones is 1. The standard InChI is InChI=1S/C19H14ClNO/c20-15-11-12-18(21-16-9-5-2-6-10-16)17(13-15)19(22)14-7-3-1-4-8-14/h1-13,21H. The quantitative estimate of drug-likeness (QED) is 0.661. The minimum absolute atomic E-state index is 0.0541. The summed E-state index contributed by atoms with van der Waals surface area (Å²) in [5, 5.41) is 3.81. The van der Waals surface area contributed by atoms with Crippen LogP contribution in [-0.2, 0) is 0 Å². The van der Waals surface area contributed by atoms with Gasteiger partial charge in [0.2, 0.25) is 0 Å². The molecule has 3 aromatic carbocycles. The van der Waals surface area contributed by atoms with E-state index in [0.29, 0.717) is 16.1 Å². The number of para-hydroxylation sites is 1. The SMILES string of the molecule is O=C(c1ccccc1)c1cc(Cl)ccc1Nc1ccccc1. The molecular weight excluding hydrogens is 294 g/mol. The summed E-state index contributed by atoms with van der Waals surface area (Å²) in [6.45, 7) is 0. The number of nitrogens with one attached hydrogen (secondary N) is 1. The van der Waals surface area contributed by atoms with E-state index in [2.05, 4.69) is 5.32 Å². The number of rotatable bonds is 4. The van der Waals surface area contributed by atoms with Crippen LogP contribution in [0.3, 0.4) is 0 Å². The van der Waals surface area contributed by atoms with Gasteiger partial charge in [-0.15, -0.1) is 0 Å². The number of carbonyl (C=O) groups is 1. The maximum absolute atomic E-state index is 12.7. The van der Waals surface area contributed by atoms with Crippen molar-refractivity contribution in [2.45, 2.75) is 0 Å². The third-order valence-electron chi connectivity index (χ3n) is 3.32. The molecule has 0 atom stereocenters. The average Bonchev–Trinajstić information content (AvgIpc) is 2.57. The summed E-state index contributed by atoms with van der Waals surface area (Å²) >= 11 is 6.07. The fraction of sp³-hybridized carbons (Fsp3) is 0. The second-order valence-corrected chi connectivity index (χ2v) is 5.31. The third-order valence-corrected chi connectivity index (χ3v) is 3.55. The van der Waals surface area contributed by atoms with E-state index in [-0.39, 0.29) is 5.78 Å². The highest BCUT2D eigenvalue weighted by Gasteiger charge is 2.14. The Balaban J connectivity index is 2.00. The Morgan fingerprint density at radius 1 is 0.818 bits per heavy atom. The fourth-order valence-corrected chi connectivity index (χ4v) is 2.41. The first-order chi connectivity index (χ1) is 10.7. The van der Waals surface area contributed by atoms with Crippen molar-refractivity contribution in [1.29, 1.82) is 0 Å². The van der Waals surface area contributed by atoms with Crippen LogP contribution in [0.4, 0.5) is 11.4 Å². The highest BCUT2D eigenvalue weighted by atomic mass is 35.5. The van der Waals surface area contributed by atoms with Crippen LogP contribution >= 0.6 is 11.6 Å². The molecule has 3 heteroatoms. The number of anilines is 2. The third kappa shape index (κ3) is 3.18. The maximum Gasteiger partial charge on any atom is 0.195 e. The first-order valence-electron chi connectivity index (χ1n) is 6.95. The minimum Gasteiger partial charge on any atom is -0.355 e. The molecule has 0 aliphatic carbocycles. The molecule has 108 valence electrons. The lowest BCUT2D eigenvalue weighted by Gasteiger charge is -2.12. The fourth-order valence-electron chi connectivity index (χ4n) is 2.24. The summed E-state index contributed by atoms with van der Waals surface area (Å²) in [5.74, 6) is -0.0541. The molecule has 0 amide bonds. The number of hydrogen-bond acceptors (Lipinski definition) is 2. The van der Waals surface area contributed by atoms with E-state index in [0.717, 1.165) is 11.4 Å². The number of halogens is 1. The lowest BCUT2D eigenvalue weighted by molar-refractivity contribution is 0.103. The molecule has 0 bridgehead atoms. The summed E-state index contributed by atoms with van der Waals surface area (Å²) in [7, 11) is 0. The molecule has 0 spiro atoms. The highest BCUT2D eigenvalue weighted by molar-refractivity contribution is 6.31. The van der Waals surface area contributed by atoms with Crippen LogP contribution in [0, 0.1) is 0 Å². The van der Waals surface area contributed by atoms with Gasteiger partial charge >= 0.3 is 0 Å². The number of hydrogen-bond donors (Lipinski definition) is 1. The molecule has 0 unspecified atom stereocenters. The Kier molecular flexibility index (Phi) is 4.22. The van der Waals surface area contributed by atoms with Crippen molar-refractivity contribution in [3.8, 4) is 0 Å². The van der Waals surface area contributed by atoms with Crippen LogP contribution in [-0.4, -0.2) is 5.78 Å². The van der Waals surface area contributed by atoms with Gasteiger partial charge < -0.3 is 5.32 Å². The van der Waals surface area contributed by atoms with Crippen LogP contribution in [0.5, 0.6) is 0 Å². The lowest BCUT2D eigenvalue weighted by Crippen LogP contribution is -2.05. The summed E-state index contributed by atoms with van der Waals surface area (Å²) in [6, 6.07) is 24.2. The van der Waals surface area contributed by atoms with Gasteiger partial charge in [0.1, 0.15) is 0 Å². The molecule has 0 aliphatic heterocycles. The van der Waals surface area contributed by atoms with E-state index < -0.39 is 0 Å². The molecule has 3 aromatic rings. The second-order valence-electron chi connectivity index (χ2n) is 4.88. The zero-order chi connectivity index (χ0) is 15.4.